The van der Waals surface area contributed by atoms with Gasteiger partial charge in [0.25, 0.3) is 0 Å². The molecule has 0 aliphatic rings. The highest BCUT2D eigenvalue weighted by Gasteiger charge is 2.15. The molecule has 0 aromatic carbocycles. The number of rotatable bonds is 5. The predicted molar refractivity (Wildman–Crippen MR) is 48.1 cm³/mol. The van der Waals surface area contributed by atoms with Crippen molar-refractivity contribution in [1.29, 1.82) is 0 Å². The van der Waals surface area contributed by atoms with Gasteiger partial charge >= 0.3 is 5.97 Å². The molecule has 0 aliphatic carbocycles. The maximum Gasteiger partial charge on any atom is 0.317 e. The quantitative estimate of drug-likeness (QED) is 0.343. The Labute approximate surface area is 78.5 Å². The smallest absolute Gasteiger partial charge is 0.317 e. The lowest BCUT2D eigenvalue weighted by Crippen LogP contribution is -2.17. The van der Waals surface area contributed by atoms with E-state index in [1.807, 2.05) is 6.92 Å². The predicted octanol–water partition coefficient (Wildman–Crippen LogP) is 2.17. The van der Waals surface area contributed by atoms with Gasteiger partial charge in [-0.2, -0.15) is 0 Å². The van der Waals surface area contributed by atoms with Crippen LogP contribution in [0.1, 0.15) is 13.3 Å². The van der Waals surface area contributed by atoms with E-state index < -0.39 is 10.8 Å². The molecule has 0 saturated carbocycles. The van der Waals surface area contributed by atoms with E-state index in [1.54, 1.807) is 0 Å². The minimum Gasteiger partial charge on any atom is -0.480 e. The van der Waals surface area contributed by atoms with Crippen LogP contribution in [0, 0.1) is 5.92 Å². The molecule has 0 amide bonds. The molecule has 2 atom stereocenters. The first-order valence-corrected chi connectivity index (χ1v) is 4.37. The van der Waals surface area contributed by atoms with Gasteiger partial charge in [0.2, 0.25) is 0 Å². The second-order valence-corrected chi connectivity index (χ2v) is 3.67. The second kappa shape index (κ2) is 5.85. The molecule has 0 aromatic rings. The number of nitrogens with zero attached hydrogens (tertiary/aromatic N) is 3. The summed E-state index contributed by atoms with van der Waals surface area (Å²) in [4.78, 5) is 12.4. The summed E-state index contributed by atoms with van der Waals surface area (Å²) in [6.07, 6.45) is 0.467. The number of carboxylic acid groups (broad SMARTS) is 1. The van der Waals surface area contributed by atoms with Gasteiger partial charge < -0.3 is 5.11 Å². The van der Waals surface area contributed by atoms with Crippen molar-refractivity contribution in [2.24, 2.45) is 11.0 Å². The Morgan fingerprint density at radius 2 is 2.42 bits per heavy atom. The molecule has 0 rings (SSSR count). The number of alkyl halides is 1. The molecule has 0 aromatic heterocycles. The molecular formula is C6H10BrN3O2. The summed E-state index contributed by atoms with van der Waals surface area (Å²) in [5, 5.41) is 11.9. The van der Waals surface area contributed by atoms with Crippen molar-refractivity contribution in [3.63, 3.8) is 0 Å². The molecule has 2 unspecified atom stereocenters. The molecule has 0 aliphatic heterocycles. The standard InChI is InChI=1S/C6H10BrN3O2/c1-4(3-9-10-8)2-5(7)6(11)12/h4-5H,2-3H2,1H3,(H,11,12). The van der Waals surface area contributed by atoms with E-state index in [9.17, 15) is 4.79 Å². The number of carbonyl (C=O) groups is 1. The minimum atomic E-state index is -0.886. The van der Waals surface area contributed by atoms with Crippen molar-refractivity contribution in [3.05, 3.63) is 10.4 Å². The first kappa shape index (κ1) is 11.3. The number of halogens is 1. The van der Waals surface area contributed by atoms with Gasteiger partial charge in [-0.15, -0.1) is 0 Å². The maximum atomic E-state index is 10.4. The van der Waals surface area contributed by atoms with Crippen molar-refractivity contribution < 1.29 is 9.90 Å². The van der Waals surface area contributed by atoms with Gasteiger partial charge in [-0.3, -0.25) is 4.79 Å². The SMILES string of the molecule is CC(CN=[N+]=[N-])CC(Br)C(=O)O. The van der Waals surface area contributed by atoms with Crippen molar-refractivity contribution in [3.8, 4) is 0 Å². The van der Waals surface area contributed by atoms with Crippen LogP contribution < -0.4 is 0 Å². The molecule has 1 N–H and O–H groups in total. The molecule has 0 saturated heterocycles. The fourth-order valence-corrected chi connectivity index (χ4v) is 1.34. The highest BCUT2D eigenvalue weighted by atomic mass is 79.9. The van der Waals surface area contributed by atoms with Crippen molar-refractivity contribution in [2.75, 3.05) is 6.54 Å². The van der Waals surface area contributed by atoms with E-state index in [1.165, 1.54) is 0 Å². The van der Waals surface area contributed by atoms with Crippen molar-refractivity contribution >= 4 is 21.9 Å². The van der Waals surface area contributed by atoms with E-state index in [4.69, 9.17) is 10.6 Å². The minimum absolute atomic E-state index is 0.0846. The summed E-state index contributed by atoms with van der Waals surface area (Å²) in [6, 6.07) is 0. The number of azide groups is 1. The zero-order valence-electron chi connectivity index (χ0n) is 6.64. The van der Waals surface area contributed by atoms with Gasteiger partial charge in [0.1, 0.15) is 4.83 Å². The number of aliphatic carboxylic acids is 1. The third kappa shape index (κ3) is 4.98. The van der Waals surface area contributed by atoms with E-state index in [2.05, 4.69) is 26.0 Å². The van der Waals surface area contributed by atoms with Crippen LogP contribution in [0.2, 0.25) is 0 Å². The molecule has 0 radical (unpaired) electrons. The van der Waals surface area contributed by atoms with Crippen LogP contribution in [0.4, 0.5) is 0 Å². The highest BCUT2D eigenvalue weighted by Crippen LogP contribution is 2.13. The van der Waals surface area contributed by atoms with Crippen molar-refractivity contribution in [1.82, 2.24) is 0 Å². The Bertz CT molecular complexity index is 203. The first-order valence-electron chi connectivity index (χ1n) is 3.45. The van der Waals surface area contributed by atoms with Gasteiger partial charge in [0, 0.05) is 11.5 Å². The molecule has 5 nitrogen and oxygen atoms in total. The monoisotopic (exact) mass is 235 g/mol. The summed E-state index contributed by atoms with van der Waals surface area (Å²) in [7, 11) is 0. The molecule has 0 spiro atoms. The van der Waals surface area contributed by atoms with Crippen LogP contribution in [0.25, 0.3) is 10.4 Å². The summed E-state index contributed by atoms with van der Waals surface area (Å²) < 4.78 is 0. The van der Waals surface area contributed by atoms with Gasteiger partial charge in [-0.05, 0) is 17.9 Å². The van der Waals surface area contributed by atoms with E-state index >= 15 is 0 Å². The molecule has 12 heavy (non-hydrogen) atoms. The fourth-order valence-electron chi connectivity index (χ4n) is 0.705. The lowest BCUT2D eigenvalue weighted by atomic mass is 10.1. The Morgan fingerprint density at radius 1 is 1.83 bits per heavy atom. The van der Waals surface area contributed by atoms with Crippen LogP contribution in [0.3, 0.4) is 0 Å². The van der Waals surface area contributed by atoms with Gasteiger partial charge in [-0.1, -0.05) is 28.0 Å². The second-order valence-electron chi connectivity index (χ2n) is 2.56. The fraction of sp³-hybridized carbons (Fsp3) is 0.833. The lowest BCUT2D eigenvalue weighted by molar-refractivity contribution is -0.136. The van der Waals surface area contributed by atoms with Gasteiger partial charge in [-0.25, -0.2) is 0 Å². The van der Waals surface area contributed by atoms with Crippen LogP contribution >= 0.6 is 15.9 Å². The van der Waals surface area contributed by atoms with E-state index in [0.29, 0.717) is 13.0 Å². The maximum absolute atomic E-state index is 10.4. The summed E-state index contributed by atoms with van der Waals surface area (Å²) in [5.74, 6) is -0.802. The Balaban J connectivity index is 3.75. The van der Waals surface area contributed by atoms with Crippen LogP contribution in [0.15, 0.2) is 5.11 Å². The number of hydrogen-bond donors (Lipinski definition) is 1. The van der Waals surface area contributed by atoms with E-state index in [0.717, 1.165) is 0 Å². The van der Waals surface area contributed by atoms with Gasteiger partial charge in [0.05, 0.1) is 0 Å². The number of carboxylic acids is 1. The third-order valence-electron chi connectivity index (χ3n) is 1.33. The zero-order chi connectivity index (χ0) is 9.56. The van der Waals surface area contributed by atoms with E-state index in [-0.39, 0.29) is 5.92 Å². The Morgan fingerprint density at radius 3 is 2.83 bits per heavy atom. The molecule has 68 valence electrons. The van der Waals surface area contributed by atoms with Crippen LogP contribution in [-0.4, -0.2) is 22.4 Å². The highest BCUT2D eigenvalue weighted by molar-refractivity contribution is 9.10. The normalized spacial score (nSPS) is 14.5. The summed E-state index contributed by atoms with van der Waals surface area (Å²) in [6.45, 7) is 2.18. The first-order chi connectivity index (χ1) is 5.57. The average molecular weight is 236 g/mol. The lowest BCUT2D eigenvalue weighted by Gasteiger charge is -2.09. The molecular weight excluding hydrogens is 226 g/mol. The third-order valence-corrected chi connectivity index (χ3v) is 2.10. The topological polar surface area (TPSA) is 86.1 Å². The largest absolute Gasteiger partial charge is 0.480 e. The number of hydrogen-bond acceptors (Lipinski definition) is 2. The van der Waals surface area contributed by atoms with Crippen LogP contribution in [0.5, 0.6) is 0 Å². The van der Waals surface area contributed by atoms with Gasteiger partial charge in [0.15, 0.2) is 0 Å². The average Bonchev–Trinajstić information content (AvgIpc) is 2.00. The van der Waals surface area contributed by atoms with Crippen LogP contribution in [-0.2, 0) is 4.79 Å². The summed E-state index contributed by atoms with van der Waals surface area (Å²) >= 11 is 3.00. The molecule has 0 fully saturated rings. The Hall–Kier alpha value is -0.740. The van der Waals surface area contributed by atoms with Crippen molar-refractivity contribution in [2.45, 2.75) is 18.2 Å². The zero-order valence-corrected chi connectivity index (χ0v) is 8.23. The Kier molecular flexibility index (Phi) is 5.49. The molecule has 6 heteroatoms. The molecule has 0 heterocycles. The molecule has 0 bridgehead atoms. The summed E-state index contributed by atoms with van der Waals surface area (Å²) in [5.41, 5.74) is 7.99.